The molecule has 1 atom stereocenters. The molecule has 1 rings (SSSR count). The lowest BCUT2D eigenvalue weighted by molar-refractivity contribution is 0.506. The second-order valence-electron chi connectivity index (χ2n) is 4.11. The lowest BCUT2D eigenvalue weighted by atomic mass is 9.86. The predicted molar refractivity (Wildman–Crippen MR) is 60.1 cm³/mol. The SMILES string of the molecule is [CH2]C1(CCCC)N=NC=C1CCCC. The lowest BCUT2D eigenvalue weighted by Crippen LogP contribution is -2.22. The molecule has 2 nitrogen and oxygen atoms in total. The molecule has 0 aromatic carbocycles. The molecule has 0 N–H and O–H groups in total. The average molecular weight is 193 g/mol. The van der Waals surface area contributed by atoms with Crippen molar-refractivity contribution in [2.45, 2.75) is 57.9 Å². The van der Waals surface area contributed by atoms with E-state index in [-0.39, 0.29) is 5.54 Å². The van der Waals surface area contributed by atoms with E-state index in [0.717, 1.165) is 12.8 Å². The summed E-state index contributed by atoms with van der Waals surface area (Å²) in [6.07, 6.45) is 8.90. The van der Waals surface area contributed by atoms with Gasteiger partial charge in [-0.1, -0.05) is 33.1 Å². The number of unbranched alkanes of at least 4 members (excludes halogenated alkanes) is 2. The van der Waals surface area contributed by atoms with E-state index >= 15 is 0 Å². The normalized spacial score (nSPS) is 25.5. The van der Waals surface area contributed by atoms with Crippen LogP contribution in [0.4, 0.5) is 0 Å². The highest BCUT2D eigenvalue weighted by Gasteiger charge is 2.30. The van der Waals surface area contributed by atoms with Crippen LogP contribution in [0.1, 0.15) is 52.4 Å². The summed E-state index contributed by atoms with van der Waals surface area (Å²) >= 11 is 0. The maximum Gasteiger partial charge on any atom is 0.105 e. The molecule has 0 aliphatic carbocycles. The number of rotatable bonds is 6. The van der Waals surface area contributed by atoms with E-state index in [4.69, 9.17) is 0 Å². The van der Waals surface area contributed by atoms with Gasteiger partial charge >= 0.3 is 0 Å². The first-order valence-corrected chi connectivity index (χ1v) is 5.70. The fraction of sp³-hybridized carbons (Fsp3) is 0.750. The van der Waals surface area contributed by atoms with Gasteiger partial charge in [-0.05, 0) is 31.8 Å². The minimum absolute atomic E-state index is 0.217. The van der Waals surface area contributed by atoms with Crippen molar-refractivity contribution in [3.05, 3.63) is 18.7 Å². The van der Waals surface area contributed by atoms with Crippen molar-refractivity contribution in [2.75, 3.05) is 0 Å². The monoisotopic (exact) mass is 193 g/mol. The predicted octanol–water partition coefficient (Wildman–Crippen LogP) is 4.29. The molecule has 0 aromatic heterocycles. The van der Waals surface area contributed by atoms with E-state index in [9.17, 15) is 0 Å². The van der Waals surface area contributed by atoms with Gasteiger partial charge in [0.2, 0.25) is 0 Å². The Hall–Kier alpha value is -0.660. The van der Waals surface area contributed by atoms with Crippen LogP contribution in [0.3, 0.4) is 0 Å². The van der Waals surface area contributed by atoms with Crippen LogP contribution in [-0.4, -0.2) is 5.54 Å². The smallest absolute Gasteiger partial charge is 0.105 e. The van der Waals surface area contributed by atoms with Gasteiger partial charge in [-0.3, -0.25) is 0 Å². The summed E-state index contributed by atoms with van der Waals surface area (Å²) in [6.45, 7) is 8.62. The van der Waals surface area contributed by atoms with Gasteiger partial charge < -0.3 is 0 Å². The number of nitrogens with zero attached hydrogens (tertiary/aromatic N) is 2. The topological polar surface area (TPSA) is 24.7 Å². The maximum atomic E-state index is 4.26. The van der Waals surface area contributed by atoms with E-state index in [2.05, 4.69) is 31.0 Å². The Bertz CT molecular complexity index is 230. The molecule has 0 fully saturated rings. The molecule has 14 heavy (non-hydrogen) atoms. The largest absolute Gasteiger partial charge is 0.178 e. The summed E-state index contributed by atoms with van der Waals surface area (Å²) < 4.78 is 0. The van der Waals surface area contributed by atoms with Crippen LogP contribution in [0.2, 0.25) is 0 Å². The van der Waals surface area contributed by atoms with Crippen LogP contribution in [0.25, 0.3) is 0 Å². The third-order valence-electron chi connectivity index (χ3n) is 2.80. The van der Waals surface area contributed by atoms with Crippen LogP contribution in [0.15, 0.2) is 22.0 Å². The zero-order chi connectivity index (χ0) is 10.4. The van der Waals surface area contributed by atoms with Gasteiger partial charge in [0, 0.05) is 0 Å². The summed E-state index contributed by atoms with van der Waals surface area (Å²) in [5.74, 6) is 0. The number of hydrogen-bond acceptors (Lipinski definition) is 2. The minimum atomic E-state index is -0.217. The standard InChI is InChI=1S/C12H21N2/c1-4-6-8-11-10-13-14-12(11,3)9-7-5-2/h10H,3-9H2,1-2H3. The van der Waals surface area contributed by atoms with Gasteiger partial charge in [-0.15, -0.1) is 0 Å². The fourth-order valence-electron chi connectivity index (χ4n) is 1.74. The molecule has 79 valence electrons. The zero-order valence-electron chi connectivity index (χ0n) is 9.42. The minimum Gasteiger partial charge on any atom is -0.178 e. The van der Waals surface area contributed by atoms with Gasteiger partial charge in [-0.2, -0.15) is 10.2 Å². The fourth-order valence-corrected chi connectivity index (χ4v) is 1.74. The second kappa shape index (κ2) is 5.28. The molecule has 0 saturated carbocycles. The molecular weight excluding hydrogens is 172 g/mol. The molecule has 0 aromatic rings. The molecule has 1 radical (unpaired) electrons. The second-order valence-corrected chi connectivity index (χ2v) is 4.11. The highest BCUT2D eigenvalue weighted by molar-refractivity contribution is 5.25. The summed E-state index contributed by atoms with van der Waals surface area (Å²) in [7, 11) is 0. The van der Waals surface area contributed by atoms with Crippen LogP contribution in [0, 0.1) is 6.92 Å². The molecule has 0 amide bonds. The van der Waals surface area contributed by atoms with Gasteiger partial charge in [-0.25, -0.2) is 0 Å². The Balaban J connectivity index is 2.50. The first kappa shape index (κ1) is 11.4. The quantitative estimate of drug-likeness (QED) is 0.601. The Morgan fingerprint density at radius 2 is 2.00 bits per heavy atom. The first-order valence-electron chi connectivity index (χ1n) is 5.70. The molecule has 0 saturated heterocycles. The van der Waals surface area contributed by atoms with E-state index in [0.29, 0.717) is 0 Å². The summed E-state index contributed by atoms with van der Waals surface area (Å²) in [6, 6.07) is 0. The van der Waals surface area contributed by atoms with E-state index in [1.54, 1.807) is 0 Å². The maximum absolute atomic E-state index is 4.26. The van der Waals surface area contributed by atoms with Crippen molar-refractivity contribution >= 4 is 0 Å². The highest BCUT2D eigenvalue weighted by Crippen LogP contribution is 2.34. The molecule has 0 bridgehead atoms. The lowest BCUT2D eigenvalue weighted by Gasteiger charge is -2.22. The number of azo groups is 1. The van der Waals surface area contributed by atoms with Gasteiger partial charge in [0.15, 0.2) is 0 Å². The van der Waals surface area contributed by atoms with Crippen LogP contribution in [0.5, 0.6) is 0 Å². The molecule has 1 unspecified atom stereocenters. The third kappa shape index (κ3) is 2.66. The Morgan fingerprint density at radius 3 is 2.64 bits per heavy atom. The molecule has 0 spiro atoms. The van der Waals surface area contributed by atoms with E-state index in [1.807, 2.05) is 6.20 Å². The Kier molecular flexibility index (Phi) is 4.30. The van der Waals surface area contributed by atoms with Crippen molar-refractivity contribution < 1.29 is 0 Å². The molecule has 2 heteroatoms. The summed E-state index contributed by atoms with van der Waals surface area (Å²) in [5.41, 5.74) is 1.11. The Morgan fingerprint density at radius 1 is 1.29 bits per heavy atom. The third-order valence-corrected chi connectivity index (χ3v) is 2.80. The van der Waals surface area contributed by atoms with E-state index < -0.39 is 0 Å². The van der Waals surface area contributed by atoms with E-state index in [1.165, 1.54) is 31.3 Å². The first-order chi connectivity index (χ1) is 6.73. The molecule has 1 aliphatic rings. The van der Waals surface area contributed by atoms with Gasteiger partial charge in [0.05, 0.1) is 6.20 Å². The van der Waals surface area contributed by atoms with Crippen molar-refractivity contribution in [3.63, 3.8) is 0 Å². The number of hydrogen-bond donors (Lipinski definition) is 0. The van der Waals surface area contributed by atoms with Gasteiger partial charge in [0.1, 0.15) is 5.54 Å². The molecule has 1 aliphatic heterocycles. The molecule has 1 heterocycles. The van der Waals surface area contributed by atoms with Crippen molar-refractivity contribution in [1.82, 2.24) is 0 Å². The average Bonchev–Trinajstić information content (AvgIpc) is 2.54. The van der Waals surface area contributed by atoms with Crippen molar-refractivity contribution in [2.24, 2.45) is 10.2 Å². The van der Waals surface area contributed by atoms with Crippen molar-refractivity contribution in [3.8, 4) is 0 Å². The molecular formula is C12H21N2. The van der Waals surface area contributed by atoms with Crippen LogP contribution >= 0.6 is 0 Å². The zero-order valence-corrected chi connectivity index (χ0v) is 9.42. The van der Waals surface area contributed by atoms with Gasteiger partial charge in [0.25, 0.3) is 0 Å². The summed E-state index contributed by atoms with van der Waals surface area (Å²) in [5, 5.41) is 8.29. The highest BCUT2D eigenvalue weighted by atomic mass is 15.2. The Labute approximate surface area is 87.5 Å². The van der Waals surface area contributed by atoms with Crippen molar-refractivity contribution in [1.29, 1.82) is 0 Å². The summed E-state index contributed by atoms with van der Waals surface area (Å²) in [4.78, 5) is 0. The van der Waals surface area contributed by atoms with Crippen LogP contribution < -0.4 is 0 Å². The van der Waals surface area contributed by atoms with Crippen LogP contribution in [-0.2, 0) is 0 Å².